The Hall–Kier alpha value is -2.41. The fraction of sp³-hybridized carbons (Fsp3) is 0.438. The third-order valence-corrected chi connectivity index (χ3v) is 3.83. The maximum atomic E-state index is 12.1. The van der Waals surface area contributed by atoms with E-state index in [1.54, 1.807) is 25.2 Å². The quantitative estimate of drug-likeness (QED) is 0.862. The van der Waals surface area contributed by atoms with Gasteiger partial charge in [0.2, 0.25) is 0 Å². The highest BCUT2D eigenvalue weighted by Crippen LogP contribution is 2.06. The summed E-state index contributed by atoms with van der Waals surface area (Å²) in [5.41, 5.74) is 0.432. The zero-order valence-corrected chi connectivity index (χ0v) is 14.0. The van der Waals surface area contributed by atoms with Crippen molar-refractivity contribution in [3.8, 4) is 0 Å². The summed E-state index contributed by atoms with van der Waals surface area (Å²) >= 11 is 0. The molecule has 2 N–H and O–H groups in total. The first-order valence-corrected chi connectivity index (χ1v) is 7.52. The Balaban J connectivity index is 2.04. The second-order valence-electron chi connectivity index (χ2n) is 5.88. The van der Waals surface area contributed by atoms with Gasteiger partial charge >= 0.3 is 6.03 Å². The zero-order chi connectivity index (χ0) is 17.0. The second kappa shape index (κ2) is 7.23. The van der Waals surface area contributed by atoms with Crippen LogP contribution in [0.2, 0.25) is 0 Å². The van der Waals surface area contributed by atoms with Gasteiger partial charge in [0, 0.05) is 19.6 Å². The fourth-order valence-corrected chi connectivity index (χ4v) is 2.06. The van der Waals surface area contributed by atoms with Crippen LogP contribution in [0.15, 0.2) is 29.1 Å². The van der Waals surface area contributed by atoms with E-state index in [-0.39, 0.29) is 24.2 Å². The number of urea groups is 1. The van der Waals surface area contributed by atoms with Crippen LogP contribution in [0.25, 0.3) is 10.9 Å². The molecule has 23 heavy (non-hydrogen) atoms. The molecule has 1 unspecified atom stereocenters. The molecule has 7 heteroatoms. The normalized spacial score (nSPS) is 12.4. The van der Waals surface area contributed by atoms with Gasteiger partial charge in [0.15, 0.2) is 0 Å². The lowest BCUT2D eigenvalue weighted by Gasteiger charge is -2.22. The van der Waals surface area contributed by atoms with Gasteiger partial charge in [-0.3, -0.25) is 4.79 Å². The number of rotatable bonds is 5. The number of benzene rings is 1. The summed E-state index contributed by atoms with van der Waals surface area (Å²) in [4.78, 5) is 34.8. The molecule has 0 saturated heterocycles. The molecule has 1 aromatic carbocycles. The topological polar surface area (TPSA) is 81.3 Å². The minimum Gasteiger partial charge on any atom is -0.336 e. The first kappa shape index (κ1) is 17.0. The van der Waals surface area contributed by atoms with Gasteiger partial charge in [0.1, 0.15) is 5.82 Å². The Labute approximate surface area is 135 Å². The molecule has 0 aliphatic carbocycles. The number of hydrogen-bond donors (Lipinski definition) is 2. The van der Waals surface area contributed by atoms with Gasteiger partial charge in [-0.15, -0.1) is 0 Å². The molecular weight excluding hydrogens is 294 g/mol. The number of fused-ring (bicyclic) bond motifs is 1. The van der Waals surface area contributed by atoms with Crippen LogP contribution in [0, 0.1) is 0 Å². The van der Waals surface area contributed by atoms with Crippen LogP contribution in [0.1, 0.15) is 12.7 Å². The predicted octanol–water partition coefficient (Wildman–Crippen LogP) is 1.01. The fourth-order valence-electron chi connectivity index (χ4n) is 2.06. The van der Waals surface area contributed by atoms with Crippen molar-refractivity contribution >= 4 is 16.9 Å². The molecule has 1 atom stereocenters. The molecule has 0 saturated carbocycles. The van der Waals surface area contributed by atoms with Crippen LogP contribution in [-0.2, 0) is 6.54 Å². The third-order valence-electron chi connectivity index (χ3n) is 3.83. The number of para-hydroxylation sites is 1. The van der Waals surface area contributed by atoms with Crippen molar-refractivity contribution in [2.24, 2.45) is 0 Å². The number of nitrogens with one attached hydrogen (secondary N) is 2. The van der Waals surface area contributed by atoms with Crippen LogP contribution in [0.5, 0.6) is 0 Å². The van der Waals surface area contributed by atoms with Crippen LogP contribution in [0.3, 0.4) is 0 Å². The molecule has 2 amide bonds. The van der Waals surface area contributed by atoms with Gasteiger partial charge in [-0.25, -0.2) is 9.78 Å². The summed E-state index contributed by atoms with van der Waals surface area (Å²) in [6.45, 7) is 2.82. The van der Waals surface area contributed by atoms with E-state index < -0.39 is 0 Å². The van der Waals surface area contributed by atoms with Crippen LogP contribution in [-0.4, -0.2) is 59.5 Å². The molecule has 0 aliphatic heterocycles. The van der Waals surface area contributed by atoms with Gasteiger partial charge < -0.3 is 20.1 Å². The average Bonchev–Trinajstić information content (AvgIpc) is 2.52. The SMILES string of the molecule is CC(CNC(=O)N(C)Cc1nc2ccccc2c(=O)[nH]1)N(C)C. The summed E-state index contributed by atoms with van der Waals surface area (Å²) in [5, 5.41) is 3.41. The van der Waals surface area contributed by atoms with Crippen molar-refractivity contribution in [1.29, 1.82) is 0 Å². The van der Waals surface area contributed by atoms with E-state index in [1.165, 1.54) is 4.90 Å². The molecule has 0 bridgehead atoms. The molecule has 7 nitrogen and oxygen atoms in total. The van der Waals surface area contributed by atoms with E-state index in [0.717, 1.165) is 0 Å². The van der Waals surface area contributed by atoms with Crippen molar-refractivity contribution < 1.29 is 4.79 Å². The maximum Gasteiger partial charge on any atom is 0.317 e. The van der Waals surface area contributed by atoms with E-state index in [4.69, 9.17) is 0 Å². The van der Waals surface area contributed by atoms with E-state index >= 15 is 0 Å². The standard InChI is InChI=1S/C16H23N5O2/c1-11(20(2)3)9-17-16(23)21(4)10-14-18-13-8-6-5-7-12(13)15(22)19-14/h5-8,11H,9-10H2,1-4H3,(H,17,23)(H,18,19,22). The maximum absolute atomic E-state index is 12.1. The molecule has 2 rings (SSSR count). The minimum absolute atomic E-state index is 0.194. The smallest absolute Gasteiger partial charge is 0.317 e. The summed E-state index contributed by atoms with van der Waals surface area (Å²) < 4.78 is 0. The lowest BCUT2D eigenvalue weighted by Crippen LogP contribution is -2.43. The number of H-pyrrole nitrogens is 1. The summed E-state index contributed by atoms with van der Waals surface area (Å²) in [5.74, 6) is 0.465. The number of amides is 2. The summed E-state index contributed by atoms with van der Waals surface area (Å²) in [6, 6.07) is 7.18. The lowest BCUT2D eigenvalue weighted by atomic mass is 10.2. The molecule has 0 fully saturated rings. The number of hydrogen-bond acceptors (Lipinski definition) is 4. The molecule has 1 aromatic heterocycles. The summed E-state index contributed by atoms with van der Waals surface area (Å²) in [7, 11) is 5.60. The molecular formula is C16H23N5O2. The number of aromatic amines is 1. The first-order valence-electron chi connectivity index (χ1n) is 7.52. The number of aromatic nitrogens is 2. The number of nitrogens with zero attached hydrogens (tertiary/aromatic N) is 3. The molecule has 124 valence electrons. The number of likely N-dealkylation sites (N-methyl/N-ethyl adjacent to an activating group) is 1. The zero-order valence-electron chi connectivity index (χ0n) is 14.0. The Bertz CT molecular complexity index is 741. The number of carbonyl (C=O) groups excluding carboxylic acids is 1. The lowest BCUT2D eigenvalue weighted by molar-refractivity contribution is 0.201. The first-order chi connectivity index (χ1) is 10.9. The van der Waals surface area contributed by atoms with Crippen molar-refractivity contribution in [1.82, 2.24) is 25.1 Å². The molecule has 0 spiro atoms. The van der Waals surface area contributed by atoms with Crippen molar-refractivity contribution in [2.75, 3.05) is 27.7 Å². The van der Waals surface area contributed by atoms with Crippen LogP contribution in [0.4, 0.5) is 4.79 Å². The van der Waals surface area contributed by atoms with Gasteiger partial charge in [-0.05, 0) is 33.2 Å². The van der Waals surface area contributed by atoms with Gasteiger partial charge in [-0.2, -0.15) is 0 Å². The average molecular weight is 317 g/mol. The second-order valence-corrected chi connectivity index (χ2v) is 5.88. The highest BCUT2D eigenvalue weighted by molar-refractivity contribution is 5.77. The predicted molar refractivity (Wildman–Crippen MR) is 90.4 cm³/mol. The molecule has 0 radical (unpaired) electrons. The molecule has 2 aromatic rings. The Kier molecular flexibility index (Phi) is 5.33. The monoisotopic (exact) mass is 317 g/mol. The Morgan fingerprint density at radius 2 is 2.00 bits per heavy atom. The van der Waals surface area contributed by atoms with E-state index in [9.17, 15) is 9.59 Å². The summed E-state index contributed by atoms with van der Waals surface area (Å²) in [6.07, 6.45) is 0. The van der Waals surface area contributed by atoms with Gasteiger partial charge in [0.25, 0.3) is 5.56 Å². The van der Waals surface area contributed by atoms with Crippen molar-refractivity contribution in [3.63, 3.8) is 0 Å². The number of carbonyl (C=O) groups is 1. The largest absolute Gasteiger partial charge is 0.336 e. The van der Waals surface area contributed by atoms with Crippen LogP contribution >= 0.6 is 0 Å². The minimum atomic E-state index is -0.200. The highest BCUT2D eigenvalue weighted by atomic mass is 16.2. The Morgan fingerprint density at radius 1 is 1.30 bits per heavy atom. The van der Waals surface area contributed by atoms with Gasteiger partial charge in [0.05, 0.1) is 17.4 Å². The third kappa shape index (κ3) is 4.29. The highest BCUT2D eigenvalue weighted by Gasteiger charge is 2.13. The molecule has 0 aliphatic rings. The van der Waals surface area contributed by atoms with E-state index in [0.29, 0.717) is 23.3 Å². The Morgan fingerprint density at radius 3 is 2.70 bits per heavy atom. The van der Waals surface area contributed by atoms with Crippen molar-refractivity contribution in [3.05, 3.63) is 40.4 Å². The van der Waals surface area contributed by atoms with Gasteiger partial charge in [-0.1, -0.05) is 12.1 Å². The van der Waals surface area contributed by atoms with Crippen molar-refractivity contribution in [2.45, 2.75) is 19.5 Å². The van der Waals surface area contributed by atoms with Crippen LogP contribution < -0.4 is 10.9 Å². The van der Waals surface area contributed by atoms with E-state index in [1.807, 2.05) is 32.0 Å². The van der Waals surface area contributed by atoms with E-state index in [2.05, 4.69) is 15.3 Å². The molecule has 1 heterocycles.